The molecule has 110 valence electrons. The molecule has 0 saturated heterocycles. The Hall–Kier alpha value is -0.610. The SMILES string of the molecule is CC(CC(=O)Sc1ccc(Cl)cc1)Sc1ccc(Cl)cc1. The van der Waals surface area contributed by atoms with E-state index < -0.39 is 0 Å². The number of thioether (sulfide) groups is 2. The van der Waals surface area contributed by atoms with Gasteiger partial charge >= 0.3 is 0 Å². The van der Waals surface area contributed by atoms with E-state index in [1.54, 1.807) is 23.9 Å². The van der Waals surface area contributed by atoms with Gasteiger partial charge in [0.15, 0.2) is 5.12 Å². The van der Waals surface area contributed by atoms with Gasteiger partial charge < -0.3 is 0 Å². The maximum absolute atomic E-state index is 12.0. The standard InChI is InChI=1S/C16H14Cl2OS2/c1-11(20-14-6-2-12(17)3-7-14)10-16(19)21-15-8-4-13(18)5-9-15/h2-9,11H,10H2,1H3. The summed E-state index contributed by atoms with van der Waals surface area (Å²) in [5, 5.41) is 1.78. The minimum Gasteiger partial charge on any atom is -0.287 e. The quantitative estimate of drug-likeness (QED) is 0.595. The molecule has 0 aliphatic heterocycles. The molecule has 1 unspecified atom stereocenters. The first-order valence-corrected chi connectivity index (χ1v) is 8.86. The summed E-state index contributed by atoms with van der Waals surface area (Å²) in [6.45, 7) is 2.06. The van der Waals surface area contributed by atoms with Gasteiger partial charge in [-0.25, -0.2) is 0 Å². The molecular weight excluding hydrogens is 343 g/mol. The van der Waals surface area contributed by atoms with Crippen molar-refractivity contribution in [2.75, 3.05) is 0 Å². The Balaban J connectivity index is 1.84. The Bertz CT molecular complexity index is 597. The van der Waals surface area contributed by atoms with Crippen LogP contribution in [-0.2, 0) is 4.79 Å². The van der Waals surface area contributed by atoms with Crippen LogP contribution in [0.5, 0.6) is 0 Å². The topological polar surface area (TPSA) is 17.1 Å². The molecule has 2 rings (SSSR count). The molecule has 0 fully saturated rings. The van der Waals surface area contributed by atoms with Gasteiger partial charge in [-0.3, -0.25) is 4.79 Å². The zero-order valence-electron chi connectivity index (χ0n) is 11.4. The molecule has 0 amide bonds. The molecule has 0 bridgehead atoms. The van der Waals surface area contributed by atoms with Crippen molar-refractivity contribution in [2.24, 2.45) is 0 Å². The van der Waals surface area contributed by atoms with Gasteiger partial charge in [0.05, 0.1) is 0 Å². The number of carbonyl (C=O) groups excluding carboxylic acids is 1. The third kappa shape index (κ3) is 5.95. The van der Waals surface area contributed by atoms with Crippen LogP contribution in [0.1, 0.15) is 13.3 Å². The number of hydrogen-bond donors (Lipinski definition) is 0. The van der Waals surface area contributed by atoms with E-state index in [4.69, 9.17) is 23.2 Å². The van der Waals surface area contributed by atoms with Gasteiger partial charge in [-0.05, 0) is 48.5 Å². The minimum atomic E-state index is 0.159. The molecule has 0 saturated carbocycles. The van der Waals surface area contributed by atoms with Crippen LogP contribution in [-0.4, -0.2) is 10.4 Å². The summed E-state index contributed by atoms with van der Waals surface area (Å²) in [4.78, 5) is 14.1. The van der Waals surface area contributed by atoms with Crippen molar-refractivity contribution in [3.05, 3.63) is 58.6 Å². The van der Waals surface area contributed by atoms with Gasteiger partial charge in [0.25, 0.3) is 0 Å². The molecule has 0 N–H and O–H groups in total. The molecule has 1 nitrogen and oxygen atoms in total. The summed E-state index contributed by atoms with van der Waals surface area (Å²) < 4.78 is 0. The molecule has 0 radical (unpaired) electrons. The molecule has 21 heavy (non-hydrogen) atoms. The predicted molar refractivity (Wildman–Crippen MR) is 93.7 cm³/mol. The Morgan fingerprint density at radius 3 is 1.95 bits per heavy atom. The largest absolute Gasteiger partial charge is 0.287 e. The Labute approximate surface area is 143 Å². The van der Waals surface area contributed by atoms with E-state index >= 15 is 0 Å². The van der Waals surface area contributed by atoms with E-state index in [0.29, 0.717) is 11.4 Å². The lowest BCUT2D eigenvalue weighted by atomic mass is 10.3. The number of benzene rings is 2. The molecule has 0 aromatic heterocycles. The van der Waals surface area contributed by atoms with E-state index in [1.807, 2.05) is 36.4 Å². The van der Waals surface area contributed by atoms with Crippen molar-refractivity contribution < 1.29 is 4.79 Å². The van der Waals surface area contributed by atoms with Gasteiger partial charge in [-0.1, -0.05) is 41.9 Å². The van der Waals surface area contributed by atoms with Crippen LogP contribution in [0.15, 0.2) is 58.3 Å². The van der Waals surface area contributed by atoms with Crippen LogP contribution in [0.4, 0.5) is 0 Å². The maximum atomic E-state index is 12.0. The smallest absolute Gasteiger partial charge is 0.194 e. The summed E-state index contributed by atoms with van der Waals surface area (Å²) in [6, 6.07) is 15.0. The average Bonchev–Trinajstić information content (AvgIpc) is 2.44. The minimum absolute atomic E-state index is 0.159. The summed E-state index contributed by atoms with van der Waals surface area (Å²) in [7, 11) is 0. The van der Waals surface area contributed by atoms with Crippen LogP contribution in [0.25, 0.3) is 0 Å². The average molecular weight is 357 g/mol. The lowest BCUT2D eigenvalue weighted by molar-refractivity contribution is -0.110. The molecular formula is C16H14Cl2OS2. The summed E-state index contributed by atoms with van der Waals surface area (Å²) in [5.41, 5.74) is 0. The second kappa shape index (κ2) is 8.14. The van der Waals surface area contributed by atoms with Crippen LogP contribution in [0, 0.1) is 0 Å². The molecule has 2 aromatic rings. The lowest BCUT2D eigenvalue weighted by Crippen LogP contribution is -2.03. The fourth-order valence-corrected chi connectivity index (χ4v) is 3.92. The van der Waals surface area contributed by atoms with Crippen molar-refractivity contribution >= 4 is 51.8 Å². The second-order valence-corrected chi connectivity index (χ2v) is 8.03. The van der Waals surface area contributed by atoms with Gasteiger partial charge in [0.1, 0.15) is 0 Å². The number of halogens is 2. The fraction of sp³-hybridized carbons (Fsp3) is 0.188. The first-order chi connectivity index (χ1) is 10.0. The van der Waals surface area contributed by atoms with Crippen molar-refractivity contribution in [3.8, 4) is 0 Å². The third-order valence-electron chi connectivity index (χ3n) is 2.65. The molecule has 0 aliphatic rings. The van der Waals surface area contributed by atoms with Gasteiger partial charge in [-0.15, -0.1) is 11.8 Å². The highest BCUT2D eigenvalue weighted by molar-refractivity contribution is 8.13. The molecule has 0 spiro atoms. The Morgan fingerprint density at radius 2 is 1.43 bits per heavy atom. The predicted octanol–water partition coefficient (Wildman–Crippen LogP) is 6.18. The van der Waals surface area contributed by atoms with Crippen molar-refractivity contribution in [1.82, 2.24) is 0 Å². The molecule has 2 aromatic carbocycles. The number of rotatable bonds is 5. The van der Waals surface area contributed by atoms with Crippen LogP contribution < -0.4 is 0 Å². The van der Waals surface area contributed by atoms with Crippen molar-refractivity contribution in [3.63, 3.8) is 0 Å². The Kier molecular flexibility index (Phi) is 6.49. The number of hydrogen-bond acceptors (Lipinski definition) is 3. The lowest BCUT2D eigenvalue weighted by Gasteiger charge is -2.10. The zero-order valence-corrected chi connectivity index (χ0v) is 14.5. The highest BCUT2D eigenvalue weighted by atomic mass is 35.5. The second-order valence-electron chi connectivity index (χ2n) is 4.51. The van der Waals surface area contributed by atoms with E-state index in [2.05, 4.69) is 6.92 Å². The molecule has 1 atom stereocenters. The van der Waals surface area contributed by atoms with Gasteiger partial charge in [0, 0.05) is 31.5 Å². The normalized spacial score (nSPS) is 12.1. The van der Waals surface area contributed by atoms with E-state index in [-0.39, 0.29) is 10.4 Å². The third-order valence-corrected chi connectivity index (χ3v) is 5.17. The molecule has 5 heteroatoms. The van der Waals surface area contributed by atoms with Crippen LogP contribution in [0.2, 0.25) is 10.0 Å². The van der Waals surface area contributed by atoms with Crippen molar-refractivity contribution in [2.45, 2.75) is 28.4 Å². The summed E-state index contributed by atoms with van der Waals surface area (Å²) in [5.74, 6) is 0. The summed E-state index contributed by atoms with van der Waals surface area (Å²) >= 11 is 14.6. The fourth-order valence-electron chi connectivity index (χ4n) is 1.70. The maximum Gasteiger partial charge on any atom is 0.194 e. The Morgan fingerprint density at radius 1 is 0.952 bits per heavy atom. The first-order valence-electron chi connectivity index (χ1n) is 6.41. The zero-order chi connectivity index (χ0) is 15.2. The van der Waals surface area contributed by atoms with Crippen LogP contribution >= 0.6 is 46.7 Å². The highest BCUT2D eigenvalue weighted by Gasteiger charge is 2.12. The highest BCUT2D eigenvalue weighted by Crippen LogP contribution is 2.29. The first kappa shape index (κ1) is 16.8. The van der Waals surface area contributed by atoms with Crippen molar-refractivity contribution in [1.29, 1.82) is 0 Å². The van der Waals surface area contributed by atoms with Gasteiger partial charge in [0.2, 0.25) is 0 Å². The van der Waals surface area contributed by atoms with Gasteiger partial charge in [-0.2, -0.15) is 0 Å². The monoisotopic (exact) mass is 356 g/mol. The summed E-state index contributed by atoms with van der Waals surface area (Å²) in [6.07, 6.45) is 0.514. The molecule has 0 heterocycles. The van der Waals surface area contributed by atoms with E-state index in [1.165, 1.54) is 11.8 Å². The number of carbonyl (C=O) groups is 1. The molecule has 0 aliphatic carbocycles. The van der Waals surface area contributed by atoms with Crippen LogP contribution in [0.3, 0.4) is 0 Å². The van der Waals surface area contributed by atoms with E-state index in [9.17, 15) is 4.79 Å². The van der Waals surface area contributed by atoms with E-state index in [0.717, 1.165) is 14.8 Å².